The van der Waals surface area contributed by atoms with Crippen molar-refractivity contribution in [3.8, 4) is 0 Å². The van der Waals surface area contributed by atoms with Gasteiger partial charge in [0.15, 0.2) is 5.11 Å². The van der Waals surface area contributed by atoms with Gasteiger partial charge in [0.1, 0.15) is 0 Å². The van der Waals surface area contributed by atoms with Crippen LogP contribution in [0.3, 0.4) is 0 Å². The average molecular weight is 401 g/mol. The van der Waals surface area contributed by atoms with Crippen LogP contribution in [0.1, 0.15) is 41.6 Å². The standard InChI is InChI=1S/C19H20ClF3N2S/c1-4-17(13-6-5-11(2)12(3)9-13)25-18(26)24-14-7-8-16(20)15(10-14)19(21,22)23/h5-10,17H,4H2,1-3H3,(H2,24,25,26). The molecule has 1 unspecified atom stereocenters. The molecule has 2 N–H and O–H groups in total. The van der Waals surface area contributed by atoms with Crippen LogP contribution < -0.4 is 10.6 Å². The van der Waals surface area contributed by atoms with E-state index in [2.05, 4.69) is 16.7 Å². The summed E-state index contributed by atoms with van der Waals surface area (Å²) in [6.45, 7) is 6.09. The number of thiocarbonyl (C=S) groups is 1. The second kappa shape index (κ2) is 8.27. The van der Waals surface area contributed by atoms with Crippen LogP contribution in [-0.2, 0) is 6.18 Å². The maximum Gasteiger partial charge on any atom is 0.417 e. The van der Waals surface area contributed by atoms with E-state index in [1.54, 1.807) is 0 Å². The minimum Gasteiger partial charge on any atom is -0.356 e. The number of benzene rings is 2. The van der Waals surface area contributed by atoms with Gasteiger partial charge in [-0.05, 0) is 67.4 Å². The molecule has 140 valence electrons. The lowest BCUT2D eigenvalue weighted by Crippen LogP contribution is -2.32. The van der Waals surface area contributed by atoms with Crippen LogP contribution in [0.2, 0.25) is 5.02 Å². The van der Waals surface area contributed by atoms with Crippen LogP contribution in [0, 0.1) is 13.8 Å². The summed E-state index contributed by atoms with van der Waals surface area (Å²) in [4.78, 5) is 0. The largest absolute Gasteiger partial charge is 0.417 e. The Balaban J connectivity index is 2.13. The van der Waals surface area contributed by atoms with Gasteiger partial charge in [-0.3, -0.25) is 0 Å². The zero-order valence-corrected chi connectivity index (χ0v) is 16.2. The van der Waals surface area contributed by atoms with E-state index in [1.165, 1.54) is 23.3 Å². The van der Waals surface area contributed by atoms with Crippen molar-refractivity contribution in [3.05, 3.63) is 63.7 Å². The lowest BCUT2D eigenvalue weighted by molar-refractivity contribution is -0.137. The monoisotopic (exact) mass is 400 g/mol. The third-order valence-electron chi connectivity index (χ3n) is 4.18. The third kappa shape index (κ3) is 5.11. The van der Waals surface area contributed by atoms with Crippen molar-refractivity contribution in [1.82, 2.24) is 5.32 Å². The Morgan fingerprint density at radius 2 is 1.81 bits per heavy atom. The first-order valence-electron chi connectivity index (χ1n) is 8.13. The Hall–Kier alpha value is -1.79. The molecule has 0 bridgehead atoms. The van der Waals surface area contributed by atoms with Gasteiger partial charge in [-0.2, -0.15) is 13.2 Å². The van der Waals surface area contributed by atoms with E-state index >= 15 is 0 Å². The maximum atomic E-state index is 13.0. The lowest BCUT2D eigenvalue weighted by Gasteiger charge is -2.21. The highest BCUT2D eigenvalue weighted by Crippen LogP contribution is 2.36. The van der Waals surface area contributed by atoms with Crippen molar-refractivity contribution in [2.75, 3.05) is 5.32 Å². The van der Waals surface area contributed by atoms with Crippen molar-refractivity contribution >= 4 is 34.6 Å². The van der Waals surface area contributed by atoms with Crippen molar-refractivity contribution in [3.63, 3.8) is 0 Å². The summed E-state index contributed by atoms with van der Waals surface area (Å²) in [5, 5.41) is 5.87. The number of hydrogen-bond donors (Lipinski definition) is 2. The molecule has 0 heterocycles. The lowest BCUT2D eigenvalue weighted by atomic mass is 9.99. The predicted molar refractivity (Wildman–Crippen MR) is 105 cm³/mol. The number of aryl methyl sites for hydroxylation is 2. The molecule has 7 heteroatoms. The van der Waals surface area contributed by atoms with E-state index < -0.39 is 11.7 Å². The number of rotatable bonds is 4. The van der Waals surface area contributed by atoms with Gasteiger partial charge in [-0.1, -0.05) is 36.7 Å². The molecule has 0 amide bonds. The Morgan fingerprint density at radius 1 is 1.12 bits per heavy atom. The summed E-state index contributed by atoms with van der Waals surface area (Å²) in [5.74, 6) is 0. The molecule has 1 atom stereocenters. The Kier molecular flexibility index (Phi) is 6.53. The normalized spacial score (nSPS) is 12.6. The summed E-state index contributed by atoms with van der Waals surface area (Å²) in [6.07, 6.45) is -3.74. The van der Waals surface area contributed by atoms with Crippen LogP contribution in [-0.4, -0.2) is 5.11 Å². The van der Waals surface area contributed by atoms with Crippen LogP contribution in [0.5, 0.6) is 0 Å². The fourth-order valence-corrected chi connectivity index (χ4v) is 3.03. The van der Waals surface area contributed by atoms with Gasteiger partial charge in [0.05, 0.1) is 16.6 Å². The molecule has 0 aromatic heterocycles. The summed E-state index contributed by atoms with van der Waals surface area (Å²) in [7, 11) is 0. The fourth-order valence-electron chi connectivity index (χ4n) is 2.55. The van der Waals surface area contributed by atoms with Crippen LogP contribution in [0.4, 0.5) is 18.9 Å². The first-order valence-corrected chi connectivity index (χ1v) is 8.92. The molecule has 26 heavy (non-hydrogen) atoms. The van der Waals surface area contributed by atoms with E-state index in [0.29, 0.717) is 0 Å². The van der Waals surface area contributed by atoms with Crippen LogP contribution >= 0.6 is 23.8 Å². The summed E-state index contributed by atoms with van der Waals surface area (Å²) in [6, 6.07) is 9.73. The highest BCUT2D eigenvalue weighted by Gasteiger charge is 2.33. The summed E-state index contributed by atoms with van der Waals surface area (Å²) < 4.78 is 38.9. The van der Waals surface area contributed by atoms with Crippen LogP contribution in [0.25, 0.3) is 0 Å². The van der Waals surface area contributed by atoms with Crippen molar-refractivity contribution in [2.45, 2.75) is 39.4 Å². The van der Waals surface area contributed by atoms with Crippen molar-refractivity contribution in [2.24, 2.45) is 0 Å². The fraction of sp³-hybridized carbons (Fsp3) is 0.316. The van der Waals surface area contributed by atoms with E-state index in [9.17, 15) is 13.2 Å². The number of halogens is 4. The minimum absolute atomic E-state index is 0.0383. The zero-order valence-electron chi connectivity index (χ0n) is 14.7. The molecule has 2 aromatic carbocycles. The highest BCUT2D eigenvalue weighted by molar-refractivity contribution is 7.80. The highest BCUT2D eigenvalue weighted by atomic mass is 35.5. The first kappa shape index (κ1) is 20.5. The second-order valence-electron chi connectivity index (χ2n) is 6.10. The van der Waals surface area contributed by atoms with Crippen LogP contribution in [0.15, 0.2) is 36.4 Å². The molecule has 0 spiro atoms. The molecule has 2 aromatic rings. The average Bonchev–Trinajstić information content (AvgIpc) is 2.56. The topological polar surface area (TPSA) is 24.1 Å². The molecule has 0 saturated heterocycles. The van der Waals surface area contributed by atoms with Crippen molar-refractivity contribution < 1.29 is 13.2 Å². The number of anilines is 1. The summed E-state index contributed by atoms with van der Waals surface area (Å²) >= 11 is 10.9. The first-order chi connectivity index (χ1) is 12.1. The number of hydrogen-bond acceptors (Lipinski definition) is 1. The third-order valence-corrected chi connectivity index (χ3v) is 4.73. The number of alkyl halides is 3. The SMILES string of the molecule is CCC(NC(=S)Nc1ccc(Cl)c(C(F)(F)F)c1)c1ccc(C)c(C)c1. The van der Waals surface area contributed by atoms with Gasteiger partial charge >= 0.3 is 6.18 Å². The van der Waals surface area contributed by atoms with Gasteiger partial charge in [-0.15, -0.1) is 0 Å². The van der Waals surface area contributed by atoms with E-state index in [0.717, 1.165) is 18.1 Å². The van der Waals surface area contributed by atoms with E-state index in [4.69, 9.17) is 23.8 Å². The van der Waals surface area contributed by atoms with Gasteiger partial charge in [0, 0.05) is 5.69 Å². The summed E-state index contributed by atoms with van der Waals surface area (Å²) in [5.41, 5.74) is 2.79. The molecule has 0 fully saturated rings. The molecule has 2 rings (SSSR count). The molecule has 0 aliphatic carbocycles. The Bertz CT molecular complexity index is 806. The smallest absolute Gasteiger partial charge is 0.356 e. The molecule has 0 saturated carbocycles. The van der Waals surface area contributed by atoms with Crippen molar-refractivity contribution in [1.29, 1.82) is 0 Å². The van der Waals surface area contributed by atoms with E-state index in [-0.39, 0.29) is 21.9 Å². The Labute approximate surface area is 161 Å². The quantitative estimate of drug-likeness (QED) is 0.579. The molecular weight excluding hydrogens is 381 g/mol. The van der Waals surface area contributed by atoms with Gasteiger partial charge < -0.3 is 10.6 Å². The molecular formula is C19H20ClF3N2S. The molecule has 0 aliphatic rings. The minimum atomic E-state index is -4.52. The number of nitrogens with one attached hydrogen (secondary N) is 2. The zero-order chi connectivity index (χ0) is 19.5. The van der Waals surface area contributed by atoms with Gasteiger partial charge in [-0.25, -0.2) is 0 Å². The Morgan fingerprint density at radius 3 is 2.38 bits per heavy atom. The maximum absolute atomic E-state index is 13.0. The molecule has 0 aliphatic heterocycles. The molecule has 0 radical (unpaired) electrons. The van der Waals surface area contributed by atoms with Gasteiger partial charge in [0.25, 0.3) is 0 Å². The van der Waals surface area contributed by atoms with Gasteiger partial charge in [0.2, 0.25) is 0 Å². The second-order valence-corrected chi connectivity index (χ2v) is 6.91. The molecule has 2 nitrogen and oxygen atoms in total. The predicted octanol–water partition coefficient (Wildman–Crippen LogP) is 6.41. The van der Waals surface area contributed by atoms with E-state index in [1.807, 2.05) is 32.9 Å².